The van der Waals surface area contributed by atoms with Crippen LogP contribution in [-0.4, -0.2) is 38.6 Å². The monoisotopic (exact) mass is 345 g/mol. The number of carbonyl (C=O) groups excluding carboxylic acids is 2. The van der Waals surface area contributed by atoms with Crippen LogP contribution in [0.4, 0.5) is 5.82 Å². The Morgan fingerprint density at radius 3 is 2.75 bits per heavy atom. The molecule has 0 saturated heterocycles. The number of amides is 1. The van der Waals surface area contributed by atoms with Gasteiger partial charge in [0.25, 0.3) is 5.91 Å². The topological polar surface area (TPSA) is 98.5 Å². The van der Waals surface area contributed by atoms with E-state index in [9.17, 15) is 9.59 Å². The van der Waals surface area contributed by atoms with E-state index in [0.717, 1.165) is 5.69 Å². The van der Waals surface area contributed by atoms with Gasteiger partial charge in [-0.25, -0.2) is 19.3 Å². The molecule has 0 fully saturated rings. The fourth-order valence-corrected chi connectivity index (χ4v) is 2.29. The van der Waals surface area contributed by atoms with Crippen LogP contribution in [0, 0.1) is 6.92 Å². The van der Waals surface area contributed by atoms with Crippen molar-refractivity contribution >= 4 is 34.9 Å². The van der Waals surface area contributed by atoms with Crippen LogP contribution in [0.5, 0.6) is 0 Å². The highest BCUT2D eigenvalue weighted by atomic mass is 35.5. The Morgan fingerprint density at radius 2 is 2.08 bits per heavy atom. The first-order valence-electron chi connectivity index (χ1n) is 6.86. The van der Waals surface area contributed by atoms with E-state index in [0.29, 0.717) is 10.8 Å². The molecule has 0 atom stereocenters. The van der Waals surface area contributed by atoms with Crippen molar-refractivity contribution in [2.45, 2.75) is 6.92 Å². The van der Waals surface area contributed by atoms with Crippen LogP contribution < -0.4 is 5.32 Å². The number of hydrogen-bond acceptors (Lipinski definition) is 6. The number of nitrogens with one attached hydrogen (secondary N) is 1. The molecule has 0 unspecified atom stereocenters. The minimum Gasteiger partial charge on any atom is -0.464 e. The summed E-state index contributed by atoms with van der Waals surface area (Å²) in [6, 6.07) is 6.12. The number of hydrogen-bond donors (Lipinski definition) is 1. The second kappa shape index (κ2) is 6.25. The van der Waals surface area contributed by atoms with Gasteiger partial charge in [-0.3, -0.25) is 4.79 Å². The van der Waals surface area contributed by atoms with Crippen LogP contribution in [-0.2, 0) is 4.74 Å². The Morgan fingerprint density at radius 1 is 1.29 bits per heavy atom. The number of rotatable bonds is 3. The van der Waals surface area contributed by atoms with Crippen LogP contribution in [0.1, 0.15) is 26.5 Å². The van der Waals surface area contributed by atoms with E-state index < -0.39 is 11.9 Å². The Bertz CT molecular complexity index is 936. The summed E-state index contributed by atoms with van der Waals surface area (Å²) in [5.41, 5.74) is 1.67. The summed E-state index contributed by atoms with van der Waals surface area (Å²) in [6.45, 7) is 1.82. The van der Waals surface area contributed by atoms with E-state index in [1.165, 1.54) is 36.0 Å². The van der Waals surface area contributed by atoms with Gasteiger partial charge in [-0.05, 0) is 19.1 Å². The molecule has 1 amide bonds. The number of methoxy groups -OCH3 is 1. The van der Waals surface area contributed by atoms with Crippen molar-refractivity contribution in [3.8, 4) is 0 Å². The van der Waals surface area contributed by atoms with Gasteiger partial charge in [0, 0.05) is 18.3 Å². The molecule has 0 radical (unpaired) electrons. The maximum absolute atomic E-state index is 12.2. The van der Waals surface area contributed by atoms with E-state index in [4.69, 9.17) is 11.6 Å². The maximum atomic E-state index is 12.2. The third kappa shape index (κ3) is 3.04. The molecule has 3 aromatic heterocycles. The molecule has 3 rings (SSSR count). The summed E-state index contributed by atoms with van der Waals surface area (Å²) in [5, 5.41) is 7.13. The number of ether oxygens (including phenoxy) is 1. The Hall–Kier alpha value is -3.00. The van der Waals surface area contributed by atoms with Crippen molar-refractivity contribution in [2.75, 3.05) is 12.4 Å². The lowest BCUT2D eigenvalue weighted by molar-refractivity contribution is 0.0593. The summed E-state index contributed by atoms with van der Waals surface area (Å²) >= 11 is 6.12. The number of anilines is 1. The third-order valence-electron chi connectivity index (χ3n) is 3.17. The van der Waals surface area contributed by atoms with Crippen LogP contribution in [0.25, 0.3) is 5.65 Å². The Labute approximate surface area is 141 Å². The van der Waals surface area contributed by atoms with Gasteiger partial charge in [-0.15, -0.1) is 0 Å². The highest BCUT2D eigenvalue weighted by molar-refractivity contribution is 6.30. The quantitative estimate of drug-likeness (QED) is 0.576. The van der Waals surface area contributed by atoms with Gasteiger partial charge >= 0.3 is 5.97 Å². The summed E-state index contributed by atoms with van der Waals surface area (Å²) in [5.74, 6) is -0.713. The molecule has 3 aromatic rings. The van der Waals surface area contributed by atoms with Gasteiger partial charge in [-0.1, -0.05) is 11.6 Å². The number of nitrogens with zero attached hydrogens (tertiary/aromatic N) is 4. The van der Waals surface area contributed by atoms with Gasteiger partial charge in [0.2, 0.25) is 0 Å². The fourth-order valence-electron chi connectivity index (χ4n) is 2.06. The molecular formula is C15H12ClN5O3. The highest BCUT2D eigenvalue weighted by Crippen LogP contribution is 2.17. The standard InChI is InChI=1S/C15H12ClN5O3/c1-8-5-13-18-12(6-11(16)21(13)20-8)19-14(22)9-3-4-10(17-7-9)15(23)24-2/h3-7H,1-2H3,(H,18,19,22). The molecule has 3 heterocycles. The molecule has 1 N–H and O–H groups in total. The molecule has 8 nitrogen and oxygen atoms in total. The molecule has 0 aliphatic heterocycles. The largest absolute Gasteiger partial charge is 0.464 e. The number of pyridine rings is 1. The normalized spacial score (nSPS) is 10.6. The average Bonchev–Trinajstić information content (AvgIpc) is 2.95. The van der Waals surface area contributed by atoms with E-state index in [1.54, 1.807) is 6.07 Å². The van der Waals surface area contributed by atoms with Crippen molar-refractivity contribution in [3.05, 3.63) is 52.6 Å². The molecule has 0 aliphatic carbocycles. The van der Waals surface area contributed by atoms with Crippen LogP contribution in [0.15, 0.2) is 30.5 Å². The van der Waals surface area contributed by atoms with Crippen LogP contribution >= 0.6 is 11.6 Å². The number of aromatic nitrogens is 4. The van der Waals surface area contributed by atoms with Crippen molar-refractivity contribution in [1.29, 1.82) is 0 Å². The van der Waals surface area contributed by atoms with Crippen molar-refractivity contribution in [3.63, 3.8) is 0 Å². The Kier molecular flexibility index (Phi) is 4.13. The first kappa shape index (κ1) is 15.9. The predicted octanol–water partition coefficient (Wildman–Crippen LogP) is 2.13. The molecule has 0 bridgehead atoms. The number of aryl methyl sites for hydroxylation is 1. The van der Waals surface area contributed by atoms with Gasteiger partial charge in [0.05, 0.1) is 18.4 Å². The van der Waals surface area contributed by atoms with Crippen molar-refractivity contribution in [1.82, 2.24) is 19.6 Å². The fraction of sp³-hybridized carbons (Fsp3) is 0.133. The zero-order chi connectivity index (χ0) is 17.3. The Balaban J connectivity index is 1.83. The molecule has 122 valence electrons. The second-order valence-corrected chi connectivity index (χ2v) is 5.28. The third-order valence-corrected chi connectivity index (χ3v) is 3.44. The predicted molar refractivity (Wildman–Crippen MR) is 86.3 cm³/mol. The maximum Gasteiger partial charge on any atom is 0.356 e. The van der Waals surface area contributed by atoms with E-state index in [1.807, 2.05) is 6.92 Å². The first-order valence-corrected chi connectivity index (χ1v) is 7.24. The van der Waals surface area contributed by atoms with Crippen LogP contribution in [0.2, 0.25) is 5.15 Å². The lowest BCUT2D eigenvalue weighted by Crippen LogP contribution is -2.14. The van der Waals surface area contributed by atoms with E-state index in [2.05, 4.69) is 25.1 Å². The molecular weight excluding hydrogens is 334 g/mol. The summed E-state index contributed by atoms with van der Waals surface area (Å²) in [7, 11) is 1.26. The zero-order valence-electron chi connectivity index (χ0n) is 12.8. The summed E-state index contributed by atoms with van der Waals surface area (Å²) < 4.78 is 6.02. The second-order valence-electron chi connectivity index (χ2n) is 4.90. The van der Waals surface area contributed by atoms with Gasteiger partial charge < -0.3 is 10.1 Å². The zero-order valence-corrected chi connectivity index (χ0v) is 13.5. The highest BCUT2D eigenvalue weighted by Gasteiger charge is 2.13. The van der Waals surface area contributed by atoms with Crippen molar-refractivity contribution in [2.24, 2.45) is 0 Å². The SMILES string of the molecule is COC(=O)c1ccc(C(=O)Nc2cc(Cl)n3nc(C)cc3n2)cn1. The van der Waals surface area contributed by atoms with E-state index >= 15 is 0 Å². The molecule has 0 aliphatic rings. The van der Waals surface area contributed by atoms with Crippen LogP contribution in [0.3, 0.4) is 0 Å². The van der Waals surface area contributed by atoms with Gasteiger partial charge in [-0.2, -0.15) is 5.10 Å². The van der Waals surface area contributed by atoms with Gasteiger partial charge in [0.1, 0.15) is 16.7 Å². The summed E-state index contributed by atoms with van der Waals surface area (Å²) in [6.07, 6.45) is 1.28. The first-order chi connectivity index (χ1) is 11.5. The smallest absolute Gasteiger partial charge is 0.356 e. The number of halogens is 1. The number of fused-ring (bicyclic) bond motifs is 1. The molecule has 24 heavy (non-hydrogen) atoms. The molecule has 0 saturated carbocycles. The molecule has 0 aromatic carbocycles. The number of esters is 1. The number of carbonyl (C=O) groups is 2. The summed E-state index contributed by atoms with van der Waals surface area (Å²) in [4.78, 5) is 31.7. The molecule has 9 heteroatoms. The lowest BCUT2D eigenvalue weighted by Gasteiger charge is -2.06. The minimum atomic E-state index is -0.572. The van der Waals surface area contributed by atoms with Gasteiger partial charge in [0.15, 0.2) is 5.65 Å². The molecule has 0 spiro atoms. The lowest BCUT2D eigenvalue weighted by atomic mass is 10.2. The average molecular weight is 346 g/mol. The minimum absolute atomic E-state index is 0.117. The van der Waals surface area contributed by atoms with Crippen molar-refractivity contribution < 1.29 is 14.3 Å². The van der Waals surface area contributed by atoms with E-state index in [-0.39, 0.29) is 17.1 Å².